The summed E-state index contributed by atoms with van der Waals surface area (Å²) < 4.78 is 10.6. The molecule has 0 unspecified atom stereocenters. The summed E-state index contributed by atoms with van der Waals surface area (Å²) in [5, 5.41) is 0. The highest BCUT2D eigenvalue weighted by Gasteiger charge is 2.43. The molecule has 2 aromatic carbocycles. The van der Waals surface area contributed by atoms with E-state index in [4.69, 9.17) is 9.47 Å². The van der Waals surface area contributed by atoms with Crippen molar-refractivity contribution in [3.63, 3.8) is 0 Å². The molecule has 32 heavy (non-hydrogen) atoms. The molecule has 0 atom stereocenters. The number of rotatable bonds is 6. The number of nitrogens with zero attached hydrogens (tertiary/aromatic N) is 3. The van der Waals surface area contributed by atoms with Crippen molar-refractivity contribution in [1.82, 2.24) is 9.80 Å². The van der Waals surface area contributed by atoms with E-state index >= 15 is 0 Å². The fraction of sp³-hybridized carbons (Fsp3) is 0.360. The van der Waals surface area contributed by atoms with Gasteiger partial charge in [-0.1, -0.05) is 18.2 Å². The molecule has 0 aliphatic carbocycles. The number of anilines is 1. The van der Waals surface area contributed by atoms with Gasteiger partial charge in [0.1, 0.15) is 17.2 Å². The van der Waals surface area contributed by atoms with Gasteiger partial charge in [0, 0.05) is 19.2 Å². The molecule has 7 heteroatoms. The maximum Gasteiger partial charge on any atom is 0.282 e. The molecular formula is C25H29N3O4. The molecule has 0 bridgehead atoms. The minimum Gasteiger partial charge on any atom is -0.497 e. The molecule has 0 aromatic heterocycles. The van der Waals surface area contributed by atoms with Crippen LogP contribution in [-0.4, -0.2) is 69.1 Å². The van der Waals surface area contributed by atoms with Gasteiger partial charge in [0.25, 0.3) is 11.8 Å². The molecule has 0 saturated carbocycles. The number of carbonyl (C=O) groups excluding carboxylic acids is 2. The lowest BCUT2D eigenvalue weighted by atomic mass is 10.00. The molecule has 2 amide bonds. The van der Waals surface area contributed by atoms with Gasteiger partial charge in [0.05, 0.1) is 25.5 Å². The lowest BCUT2D eigenvalue weighted by Gasteiger charge is -2.36. The Morgan fingerprint density at radius 1 is 0.906 bits per heavy atom. The van der Waals surface area contributed by atoms with Crippen molar-refractivity contribution in [2.24, 2.45) is 0 Å². The zero-order chi connectivity index (χ0) is 22.8. The number of benzene rings is 2. The summed E-state index contributed by atoms with van der Waals surface area (Å²) in [4.78, 5) is 32.9. The Morgan fingerprint density at radius 3 is 2.19 bits per heavy atom. The number of hydrogen-bond donors (Lipinski definition) is 0. The number of amides is 2. The topological polar surface area (TPSA) is 62.3 Å². The van der Waals surface area contributed by atoms with Crippen molar-refractivity contribution >= 4 is 23.1 Å². The van der Waals surface area contributed by atoms with E-state index in [-0.39, 0.29) is 17.9 Å². The molecule has 2 heterocycles. The van der Waals surface area contributed by atoms with Gasteiger partial charge in [0.15, 0.2) is 0 Å². The normalized spacial score (nSPS) is 17.8. The molecule has 1 fully saturated rings. The molecule has 0 spiro atoms. The van der Waals surface area contributed by atoms with Crippen LogP contribution in [0.15, 0.2) is 54.2 Å². The minimum atomic E-state index is -0.330. The van der Waals surface area contributed by atoms with E-state index in [2.05, 4.69) is 11.9 Å². The highest BCUT2D eigenvalue weighted by Crippen LogP contribution is 2.37. The van der Waals surface area contributed by atoms with E-state index in [0.29, 0.717) is 34.0 Å². The van der Waals surface area contributed by atoms with Crippen LogP contribution < -0.4 is 14.4 Å². The monoisotopic (exact) mass is 435 g/mol. The van der Waals surface area contributed by atoms with Crippen LogP contribution >= 0.6 is 0 Å². The summed E-state index contributed by atoms with van der Waals surface area (Å²) in [5.74, 6) is 0.644. The van der Waals surface area contributed by atoms with Gasteiger partial charge in [-0.3, -0.25) is 9.59 Å². The number of likely N-dealkylation sites (tertiary alicyclic amines) is 1. The fourth-order valence-electron chi connectivity index (χ4n) is 4.41. The average Bonchev–Trinajstić information content (AvgIpc) is 3.09. The second kappa shape index (κ2) is 9.04. The zero-order valence-corrected chi connectivity index (χ0v) is 19.0. The average molecular weight is 436 g/mol. The Labute approximate surface area is 188 Å². The SMILES string of the molecule is COc1ccc(C2=C(N(C)C3CCN(C)CC3)C(=O)N(c3cccc(OC)c3)C2=O)cc1. The van der Waals surface area contributed by atoms with Crippen molar-refractivity contribution in [2.75, 3.05) is 46.3 Å². The Balaban J connectivity index is 1.78. The predicted octanol–water partition coefficient (Wildman–Crippen LogP) is 3.01. The van der Waals surface area contributed by atoms with Crippen LogP contribution in [0, 0.1) is 0 Å². The zero-order valence-electron chi connectivity index (χ0n) is 19.0. The molecular weight excluding hydrogens is 406 g/mol. The highest BCUT2D eigenvalue weighted by molar-refractivity contribution is 6.45. The van der Waals surface area contributed by atoms with Crippen molar-refractivity contribution in [3.8, 4) is 11.5 Å². The lowest BCUT2D eigenvalue weighted by Crippen LogP contribution is -2.43. The molecule has 4 rings (SSSR count). The third-order valence-corrected chi connectivity index (χ3v) is 6.34. The van der Waals surface area contributed by atoms with Crippen LogP contribution in [0.1, 0.15) is 18.4 Å². The number of likely N-dealkylation sites (N-methyl/N-ethyl adjacent to an activating group) is 1. The molecule has 0 radical (unpaired) electrons. The second-order valence-electron chi connectivity index (χ2n) is 8.24. The smallest absolute Gasteiger partial charge is 0.282 e. The summed E-state index contributed by atoms with van der Waals surface area (Å²) in [6, 6.07) is 14.5. The summed E-state index contributed by atoms with van der Waals surface area (Å²) in [5.41, 5.74) is 2.06. The number of hydrogen-bond acceptors (Lipinski definition) is 6. The molecule has 7 nitrogen and oxygen atoms in total. The van der Waals surface area contributed by atoms with Crippen molar-refractivity contribution in [2.45, 2.75) is 18.9 Å². The fourth-order valence-corrected chi connectivity index (χ4v) is 4.41. The van der Waals surface area contributed by atoms with Gasteiger partial charge < -0.3 is 19.3 Å². The number of piperidine rings is 1. The van der Waals surface area contributed by atoms with E-state index < -0.39 is 0 Å². The van der Waals surface area contributed by atoms with Gasteiger partial charge in [0.2, 0.25) is 0 Å². The van der Waals surface area contributed by atoms with Crippen LogP contribution in [-0.2, 0) is 9.59 Å². The highest BCUT2D eigenvalue weighted by atomic mass is 16.5. The van der Waals surface area contributed by atoms with Gasteiger partial charge >= 0.3 is 0 Å². The van der Waals surface area contributed by atoms with Crippen LogP contribution in [0.5, 0.6) is 11.5 Å². The molecule has 168 valence electrons. The van der Waals surface area contributed by atoms with E-state index in [9.17, 15) is 9.59 Å². The molecule has 2 aliphatic rings. The Bertz CT molecular complexity index is 1040. The van der Waals surface area contributed by atoms with Crippen LogP contribution in [0.25, 0.3) is 5.57 Å². The minimum absolute atomic E-state index is 0.191. The second-order valence-corrected chi connectivity index (χ2v) is 8.24. The third-order valence-electron chi connectivity index (χ3n) is 6.34. The molecule has 0 N–H and O–H groups in total. The lowest BCUT2D eigenvalue weighted by molar-refractivity contribution is -0.120. The quantitative estimate of drug-likeness (QED) is 0.650. The van der Waals surface area contributed by atoms with Gasteiger partial charge in [-0.15, -0.1) is 0 Å². The first kappa shape index (κ1) is 21.9. The van der Waals surface area contributed by atoms with Gasteiger partial charge in [-0.25, -0.2) is 4.90 Å². The summed E-state index contributed by atoms with van der Waals surface area (Å²) >= 11 is 0. The van der Waals surface area contributed by atoms with Gasteiger partial charge in [-0.05, 0) is 62.8 Å². The summed E-state index contributed by atoms with van der Waals surface area (Å²) in [6.45, 7) is 1.92. The third kappa shape index (κ3) is 3.96. The first-order valence-corrected chi connectivity index (χ1v) is 10.8. The van der Waals surface area contributed by atoms with Crippen molar-refractivity contribution in [3.05, 3.63) is 59.8 Å². The molecule has 2 aliphatic heterocycles. The number of ether oxygens (including phenoxy) is 2. The predicted molar refractivity (Wildman–Crippen MR) is 124 cm³/mol. The maximum absolute atomic E-state index is 13.7. The Morgan fingerprint density at radius 2 is 1.56 bits per heavy atom. The van der Waals surface area contributed by atoms with Crippen molar-refractivity contribution < 1.29 is 19.1 Å². The summed E-state index contributed by atoms with van der Waals surface area (Å²) in [6.07, 6.45) is 1.88. The standard InChI is InChI=1S/C25H29N3O4/c1-26-14-12-18(13-15-26)27(2)23-22(17-8-10-20(31-3)11-9-17)24(29)28(25(23)30)19-6-5-7-21(16-19)32-4/h5-11,16,18H,12-15H2,1-4H3. The van der Waals surface area contributed by atoms with Crippen molar-refractivity contribution in [1.29, 1.82) is 0 Å². The summed E-state index contributed by atoms with van der Waals surface area (Å²) in [7, 11) is 7.19. The van der Waals surface area contributed by atoms with E-state index in [1.54, 1.807) is 38.5 Å². The van der Waals surface area contributed by atoms with Crippen LogP contribution in [0.4, 0.5) is 5.69 Å². The van der Waals surface area contributed by atoms with Crippen LogP contribution in [0.3, 0.4) is 0 Å². The van der Waals surface area contributed by atoms with E-state index in [0.717, 1.165) is 25.9 Å². The molecule has 1 saturated heterocycles. The Hall–Kier alpha value is -3.32. The number of carbonyl (C=O) groups is 2. The van der Waals surface area contributed by atoms with E-state index in [1.165, 1.54) is 4.90 Å². The van der Waals surface area contributed by atoms with E-state index in [1.807, 2.05) is 36.2 Å². The van der Waals surface area contributed by atoms with Crippen LogP contribution in [0.2, 0.25) is 0 Å². The Kier molecular flexibility index (Phi) is 6.19. The largest absolute Gasteiger partial charge is 0.497 e. The first-order chi connectivity index (χ1) is 15.4. The maximum atomic E-state index is 13.7. The molecule has 2 aromatic rings. The number of methoxy groups -OCH3 is 2. The van der Waals surface area contributed by atoms with Gasteiger partial charge in [-0.2, -0.15) is 0 Å². The first-order valence-electron chi connectivity index (χ1n) is 10.8. The number of imide groups is 1.